The standard InChI is InChI=1S/C13H12BrF3N2S/c1-19(6-10-4-8(14)7-20-10)9-2-3-12(18)11(5-9)13(15,16)17/h2-5,7H,6,18H2,1H3. The lowest BCUT2D eigenvalue weighted by Gasteiger charge is -2.20. The van der Waals surface area contributed by atoms with Gasteiger partial charge in [-0.25, -0.2) is 0 Å². The molecule has 0 aliphatic carbocycles. The molecule has 2 N–H and O–H groups in total. The van der Waals surface area contributed by atoms with Crippen LogP contribution in [0.15, 0.2) is 34.1 Å². The molecule has 2 rings (SSSR count). The number of benzene rings is 1. The SMILES string of the molecule is CN(Cc1cc(Br)cs1)c1ccc(N)c(C(F)(F)F)c1. The zero-order valence-corrected chi connectivity index (χ0v) is 12.9. The van der Waals surface area contributed by atoms with Crippen molar-refractivity contribution in [2.24, 2.45) is 0 Å². The van der Waals surface area contributed by atoms with Crippen LogP contribution in [0.3, 0.4) is 0 Å². The van der Waals surface area contributed by atoms with Gasteiger partial charge in [-0.1, -0.05) is 0 Å². The number of thiophene rings is 1. The third kappa shape index (κ3) is 3.46. The molecule has 0 radical (unpaired) electrons. The second-order valence-electron chi connectivity index (χ2n) is 4.36. The van der Waals surface area contributed by atoms with Gasteiger partial charge >= 0.3 is 6.18 Å². The highest BCUT2D eigenvalue weighted by Gasteiger charge is 2.33. The van der Waals surface area contributed by atoms with Gasteiger partial charge in [0.25, 0.3) is 0 Å². The number of nitrogens with two attached hydrogens (primary N) is 1. The summed E-state index contributed by atoms with van der Waals surface area (Å²) in [5.41, 5.74) is 4.82. The van der Waals surface area contributed by atoms with E-state index in [4.69, 9.17) is 5.73 Å². The molecule has 0 amide bonds. The molecule has 0 saturated heterocycles. The Kier molecular flexibility index (Phi) is 4.29. The minimum atomic E-state index is -4.44. The molecule has 108 valence electrons. The van der Waals surface area contributed by atoms with Crippen LogP contribution in [0.1, 0.15) is 10.4 Å². The van der Waals surface area contributed by atoms with Gasteiger partial charge in [0.15, 0.2) is 0 Å². The Morgan fingerprint density at radius 2 is 2.00 bits per heavy atom. The highest BCUT2D eigenvalue weighted by Crippen LogP contribution is 2.36. The quantitative estimate of drug-likeness (QED) is 0.796. The molecule has 1 aromatic carbocycles. The van der Waals surface area contributed by atoms with Crippen LogP contribution in [0.2, 0.25) is 0 Å². The fourth-order valence-electron chi connectivity index (χ4n) is 1.79. The molecule has 0 saturated carbocycles. The predicted molar refractivity (Wildman–Crippen MR) is 80.0 cm³/mol. The van der Waals surface area contributed by atoms with Gasteiger partial charge in [-0.05, 0) is 40.2 Å². The van der Waals surface area contributed by atoms with Crippen LogP contribution in [0.4, 0.5) is 24.5 Å². The maximum atomic E-state index is 12.8. The highest BCUT2D eigenvalue weighted by atomic mass is 79.9. The average molecular weight is 365 g/mol. The van der Waals surface area contributed by atoms with E-state index in [9.17, 15) is 13.2 Å². The van der Waals surface area contributed by atoms with E-state index < -0.39 is 11.7 Å². The van der Waals surface area contributed by atoms with Crippen LogP contribution in [0.5, 0.6) is 0 Å². The Bertz CT molecular complexity index is 610. The Morgan fingerprint density at radius 1 is 1.30 bits per heavy atom. The van der Waals surface area contributed by atoms with Crippen molar-refractivity contribution in [3.05, 3.63) is 44.6 Å². The van der Waals surface area contributed by atoms with Gasteiger partial charge in [0.2, 0.25) is 0 Å². The summed E-state index contributed by atoms with van der Waals surface area (Å²) >= 11 is 4.90. The van der Waals surface area contributed by atoms with E-state index in [1.54, 1.807) is 29.4 Å². The number of nitrogens with zero attached hydrogens (tertiary/aromatic N) is 1. The topological polar surface area (TPSA) is 29.3 Å². The summed E-state index contributed by atoms with van der Waals surface area (Å²) in [6, 6.07) is 5.91. The van der Waals surface area contributed by atoms with E-state index in [-0.39, 0.29) is 5.69 Å². The lowest BCUT2D eigenvalue weighted by molar-refractivity contribution is -0.136. The maximum absolute atomic E-state index is 12.8. The minimum Gasteiger partial charge on any atom is -0.398 e. The number of rotatable bonds is 3. The van der Waals surface area contributed by atoms with Crippen LogP contribution >= 0.6 is 27.3 Å². The van der Waals surface area contributed by atoms with Crippen molar-refractivity contribution in [2.75, 3.05) is 17.7 Å². The van der Waals surface area contributed by atoms with Gasteiger partial charge in [-0.15, -0.1) is 11.3 Å². The van der Waals surface area contributed by atoms with Crippen LogP contribution in [-0.2, 0) is 12.7 Å². The number of halogens is 4. The maximum Gasteiger partial charge on any atom is 0.418 e. The van der Waals surface area contributed by atoms with Crippen LogP contribution in [0, 0.1) is 0 Å². The van der Waals surface area contributed by atoms with Gasteiger partial charge in [0, 0.05) is 33.2 Å². The van der Waals surface area contributed by atoms with Crippen LogP contribution < -0.4 is 10.6 Å². The first kappa shape index (κ1) is 15.2. The first-order valence-electron chi connectivity index (χ1n) is 5.68. The summed E-state index contributed by atoms with van der Waals surface area (Å²) < 4.78 is 39.4. The normalized spacial score (nSPS) is 11.7. The van der Waals surface area contributed by atoms with Crippen molar-refractivity contribution >= 4 is 38.6 Å². The molecule has 0 spiro atoms. The van der Waals surface area contributed by atoms with Crippen molar-refractivity contribution in [1.82, 2.24) is 0 Å². The third-order valence-electron chi connectivity index (χ3n) is 2.80. The van der Waals surface area contributed by atoms with Crippen molar-refractivity contribution < 1.29 is 13.2 Å². The van der Waals surface area contributed by atoms with Gasteiger partial charge in [-0.2, -0.15) is 13.2 Å². The molecule has 7 heteroatoms. The number of nitrogen functional groups attached to an aromatic ring is 1. The Balaban J connectivity index is 2.24. The lowest BCUT2D eigenvalue weighted by Crippen LogP contribution is -2.17. The summed E-state index contributed by atoms with van der Waals surface area (Å²) in [7, 11) is 1.75. The number of hydrogen-bond acceptors (Lipinski definition) is 3. The van der Waals surface area contributed by atoms with Crippen LogP contribution in [-0.4, -0.2) is 7.05 Å². The Morgan fingerprint density at radius 3 is 2.55 bits per heavy atom. The third-order valence-corrected chi connectivity index (χ3v) is 4.48. The zero-order chi connectivity index (χ0) is 14.9. The number of hydrogen-bond donors (Lipinski definition) is 1. The van der Waals surface area contributed by atoms with E-state index in [0.29, 0.717) is 12.2 Å². The smallest absolute Gasteiger partial charge is 0.398 e. The second-order valence-corrected chi connectivity index (χ2v) is 6.27. The fraction of sp³-hybridized carbons (Fsp3) is 0.231. The molecule has 0 aliphatic heterocycles. The average Bonchev–Trinajstić information content (AvgIpc) is 2.73. The first-order chi connectivity index (χ1) is 9.27. The molecule has 1 heterocycles. The first-order valence-corrected chi connectivity index (χ1v) is 7.35. The van der Waals surface area contributed by atoms with Crippen molar-refractivity contribution in [3.63, 3.8) is 0 Å². The monoisotopic (exact) mass is 364 g/mol. The molecule has 0 atom stereocenters. The zero-order valence-electron chi connectivity index (χ0n) is 10.5. The number of alkyl halides is 3. The summed E-state index contributed by atoms with van der Waals surface area (Å²) in [6.45, 7) is 0.539. The molecule has 20 heavy (non-hydrogen) atoms. The molecule has 0 aliphatic rings. The molecular weight excluding hydrogens is 353 g/mol. The molecule has 2 nitrogen and oxygen atoms in total. The summed E-state index contributed by atoms with van der Waals surface area (Å²) in [5, 5.41) is 1.94. The molecule has 0 bridgehead atoms. The second kappa shape index (κ2) is 5.65. The molecule has 2 aromatic rings. The van der Waals surface area contributed by atoms with Crippen molar-refractivity contribution in [3.8, 4) is 0 Å². The Labute approximate surface area is 127 Å². The van der Waals surface area contributed by atoms with E-state index in [0.717, 1.165) is 15.4 Å². The van der Waals surface area contributed by atoms with Crippen LogP contribution in [0.25, 0.3) is 0 Å². The van der Waals surface area contributed by atoms with Gasteiger partial charge in [-0.3, -0.25) is 0 Å². The van der Waals surface area contributed by atoms with Gasteiger partial charge < -0.3 is 10.6 Å². The minimum absolute atomic E-state index is 0.256. The molecule has 0 fully saturated rings. The predicted octanol–water partition coefficient (Wildman–Crippen LogP) is 4.75. The molecular formula is C13H12BrF3N2S. The Hall–Kier alpha value is -1.21. The molecule has 1 aromatic heterocycles. The number of anilines is 2. The lowest BCUT2D eigenvalue weighted by atomic mass is 10.1. The summed E-state index contributed by atoms with van der Waals surface area (Å²) in [5.74, 6) is 0. The molecule has 0 unspecified atom stereocenters. The highest BCUT2D eigenvalue weighted by molar-refractivity contribution is 9.10. The largest absolute Gasteiger partial charge is 0.418 e. The fourth-order valence-corrected chi connectivity index (χ4v) is 3.29. The van der Waals surface area contributed by atoms with E-state index in [1.807, 2.05) is 11.4 Å². The van der Waals surface area contributed by atoms with Crippen molar-refractivity contribution in [2.45, 2.75) is 12.7 Å². The van der Waals surface area contributed by atoms with Gasteiger partial charge in [0.1, 0.15) is 0 Å². The van der Waals surface area contributed by atoms with E-state index >= 15 is 0 Å². The van der Waals surface area contributed by atoms with Gasteiger partial charge in [0.05, 0.1) is 12.1 Å². The van der Waals surface area contributed by atoms with E-state index in [1.165, 1.54) is 6.07 Å². The summed E-state index contributed by atoms with van der Waals surface area (Å²) in [6.07, 6.45) is -4.44. The van der Waals surface area contributed by atoms with Crippen molar-refractivity contribution in [1.29, 1.82) is 0 Å². The van der Waals surface area contributed by atoms with E-state index in [2.05, 4.69) is 15.9 Å². The summed E-state index contributed by atoms with van der Waals surface area (Å²) in [4.78, 5) is 2.82.